The normalized spacial score (nSPS) is 15.8. The molecule has 2 rings (SSSR count). The Balaban J connectivity index is 1.59. The van der Waals surface area contributed by atoms with Crippen molar-refractivity contribution in [2.75, 3.05) is 44.7 Å². The molecular formula is C14H21FN3OS+. The predicted octanol–water partition coefficient (Wildman–Crippen LogP) is 0.417. The minimum absolute atomic E-state index is 0.247. The topological polar surface area (TPSA) is 37.7 Å². The summed E-state index contributed by atoms with van der Waals surface area (Å²) in [6.07, 6.45) is 1.07. The maximum Gasteiger partial charge on any atom is 0.170 e. The van der Waals surface area contributed by atoms with Crippen LogP contribution in [0.3, 0.4) is 0 Å². The van der Waals surface area contributed by atoms with Gasteiger partial charge in [0.25, 0.3) is 0 Å². The lowest BCUT2D eigenvalue weighted by Gasteiger charge is -2.23. The van der Waals surface area contributed by atoms with Gasteiger partial charge < -0.3 is 20.3 Å². The van der Waals surface area contributed by atoms with Gasteiger partial charge in [0.1, 0.15) is 18.9 Å². The summed E-state index contributed by atoms with van der Waals surface area (Å²) in [5, 5.41) is 6.78. The molecule has 1 aromatic carbocycles. The highest BCUT2D eigenvalue weighted by Gasteiger charge is 2.12. The molecule has 1 saturated heterocycles. The lowest BCUT2D eigenvalue weighted by molar-refractivity contribution is -0.908. The molecule has 0 unspecified atom stereocenters. The Kier molecular flexibility index (Phi) is 6.17. The highest BCUT2D eigenvalue weighted by atomic mass is 32.1. The number of benzene rings is 1. The second kappa shape index (κ2) is 8.14. The number of nitrogens with one attached hydrogen (secondary N) is 3. The van der Waals surface area contributed by atoms with Crippen molar-refractivity contribution in [2.45, 2.75) is 6.42 Å². The van der Waals surface area contributed by atoms with E-state index in [9.17, 15) is 4.39 Å². The van der Waals surface area contributed by atoms with Crippen LogP contribution in [0.1, 0.15) is 6.42 Å². The fourth-order valence-electron chi connectivity index (χ4n) is 2.16. The molecule has 1 aliphatic rings. The summed E-state index contributed by atoms with van der Waals surface area (Å²) in [5.41, 5.74) is 0.794. The van der Waals surface area contributed by atoms with E-state index in [1.165, 1.54) is 12.1 Å². The van der Waals surface area contributed by atoms with Gasteiger partial charge in [-0.05, 0) is 36.5 Å². The first-order chi connectivity index (χ1) is 9.74. The van der Waals surface area contributed by atoms with Crippen LogP contribution in [0.4, 0.5) is 10.1 Å². The highest BCUT2D eigenvalue weighted by Crippen LogP contribution is 2.07. The van der Waals surface area contributed by atoms with Gasteiger partial charge in [0, 0.05) is 18.7 Å². The monoisotopic (exact) mass is 298 g/mol. The SMILES string of the molecule is Fc1ccc(NC(=S)NCCC[NH+]2CCOCC2)cc1. The molecule has 1 fully saturated rings. The van der Waals surface area contributed by atoms with Crippen LogP contribution < -0.4 is 15.5 Å². The van der Waals surface area contributed by atoms with Crippen LogP contribution in [0.2, 0.25) is 0 Å². The lowest BCUT2D eigenvalue weighted by Crippen LogP contribution is -3.14. The Labute approximate surface area is 124 Å². The van der Waals surface area contributed by atoms with Crippen molar-refractivity contribution in [1.29, 1.82) is 0 Å². The Morgan fingerprint density at radius 3 is 2.65 bits per heavy atom. The standard InChI is InChI=1S/C14H20FN3OS/c15-12-2-4-13(5-3-12)17-14(20)16-6-1-7-18-8-10-19-11-9-18/h2-5H,1,6-11H2,(H2,16,17,20)/p+1. The quantitative estimate of drug-likeness (QED) is 0.544. The van der Waals surface area contributed by atoms with E-state index in [-0.39, 0.29) is 5.82 Å². The fraction of sp³-hybridized carbons (Fsp3) is 0.500. The van der Waals surface area contributed by atoms with Crippen molar-refractivity contribution in [2.24, 2.45) is 0 Å². The third-order valence-corrected chi connectivity index (χ3v) is 3.54. The van der Waals surface area contributed by atoms with Gasteiger partial charge in [0.2, 0.25) is 0 Å². The molecular weight excluding hydrogens is 277 g/mol. The largest absolute Gasteiger partial charge is 0.370 e. The zero-order valence-electron chi connectivity index (χ0n) is 11.5. The molecule has 1 aliphatic heterocycles. The molecule has 0 bridgehead atoms. The second-order valence-electron chi connectivity index (χ2n) is 4.85. The number of hydrogen-bond acceptors (Lipinski definition) is 2. The first kappa shape index (κ1) is 15.2. The molecule has 1 heterocycles. The van der Waals surface area contributed by atoms with E-state index in [2.05, 4.69) is 10.6 Å². The molecule has 0 spiro atoms. The van der Waals surface area contributed by atoms with E-state index in [0.717, 1.165) is 51.5 Å². The average Bonchev–Trinajstić information content (AvgIpc) is 2.47. The smallest absolute Gasteiger partial charge is 0.170 e. The number of ether oxygens (including phenoxy) is 1. The summed E-state index contributed by atoms with van der Waals surface area (Å²) in [7, 11) is 0. The number of anilines is 1. The zero-order valence-corrected chi connectivity index (χ0v) is 12.3. The predicted molar refractivity (Wildman–Crippen MR) is 81.6 cm³/mol. The molecule has 0 saturated carbocycles. The highest BCUT2D eigenvalue weighted by molar-refractivity contribution is 7.80. The molecule has 20 heavy (non-hydrogen) atoms. The Morgan fingerprint density at radius 1 is 1.25 bits per heavy atom. The third-order valence-electron chi connectivity index (χ3n) is 3.29. The molecule has 0 atom stereocenters. The molecule has 3 N–H and O–H groups in total. The summed E-state index contributed by atoms with van der Waals surface area (Å²) in [6.45, 7) is 5.91. The van der Waals surface area contributed by atoms with Gasteiger partial charge in [0.15, 0.2) is 5.11 Å². The van der Waals surface area contributed by atoms with E-state index in [0.29, 0.717) is 5.11 Å². The summed E-state index contributed by atoms with van der Waals surface area (Å²) >= 11 is 5.20. The average molecular weight is 298 g/mol. The maximum atomic E-state index is 12.8. The zero-order chi connectivity index (χ0) is 14.2. The van der Waals surface area contributed by atoms with Crippen molar-refractivity contribution < 1.29 is 14.0 Å². The summed E-state index contributed by atoms with van der Waals surface area (Å²) in [6, 6.07) is 6.15. The molecule has 110 valence electrons. The van der Waals surface area contributed by atoms with Crippen LogP contribution in [0.5, 0.6) is 0 Å². The van der Waals surface area contributed by atoms with Crippen LogP contribution in [-0.2, 0) is 4.74 Å². The van der Waals surface area contributed by atoms with Gasteiger partial charge in [-0.3, -0.25) is 0 Å². The van der Waals surface area contributed by atoms with Gasteiger partial charge in [-0.1, -0.05) is 0 Å². The third kappa shape index (κ3) is 5.40. The molecule has 0 amide bonds. The number of quaternary nitrogens is 1. The van der Waals surface area contributed by atoms with Crippen LogP contribution in [-0.4, -0.2) is 44.5 Å². The molecule has 6 heteroatoms. The lowest BCUT2D eigenvalue weighted by atomic mass is 10.3. The first-order valence-electron chi connectivity index (χ1n) is 6.96. The van der Waals surface area contributed by atoms with Gasteiger partial charge in [0.05, 0.1) is 19.8 Å². The minimum Gasteiger partial charge on any atom is -0.370 e. The Morgan fingerprint density at radius 2 is 1.95 bits per heavy atom. The summed E-state index contributed by atoms with van der Waals surface area (Å²) < 4.78 is 18.1. The summed E-state index contributed by atoms with van der Waals surface area (Å²) in [5.74, 6) is -0.247. The minimum atomic E-state index is -0.247. The van der Waals surface area contributed by atoms with E-state index in [1.54, 1.807) is 17.0 Å². The van der Waals surface area contributed by atoms with Gasteiger partial charge in [-0.25, -0.2) is 4.39 Å². The van der Waals surface area contributed by atoms with E-state index in [4.69, 9.17) is 17.0 Å². The molecule has 0 radical (unpaired) electrons. The van der Waals surface area contributed by atoms with E-state index in [1.807, 2.05) is 0 Å². The molecule has 1 aromatic rings. The van der Waals surface area contributed by atoms with Crippen molar-refractivity contribution in [3.05, 3.63) is 30.1 Å². The van der Waals surface area contributed by atoms with Crippen molar-refractivity contribution in [3.8, 4) is 0 Å². The number of thiocarbonyl (C=S) groups is 1. The van der Waals surface area contributed by atoms with Crippen molar-refractivity contribution >= 4 is 23.0 Å². The van der Waals surface area contributed by atoms with Gasteiger partial charge in [-0.2, -0.15) is 0 Å². The number of morpholine rings is 1. The number of rotatable bonds is 5. The Hall–Kier alpha value is -1.24. The Bertz CT molecular complexity index is 421. The van der Waals surface area contributed by atoms with Gasteiger partial charge >= 0.3 is 0 Å². The van der Waals surface area contributed by atoms with Crippen molar-refractivity contribution in [3.63, 3.8) is 0 Å². The second-order valence-corrected chi connectivity index (χ2v) is 5.26. The maximum absolute atomic E-state index is 12.8. The van der Waals surface area contributed by atoms with Crippen LogP contribution in [0, 0.1) is 5.82 Å². The molecule has 0 aliphatic carbocycles. The number of halogens is 1. The number of hydrogen-bond donors (Lipinski definition) is 3. The van der Waals surface area contributed by atoms with E-state index >= 15 is 0 Å². The van der Waals surface area contributed by atoms with E-state index < -0.39 is 0 Å². The van der Waals surface area contributed by atoms with Crippen LogP contribution >= 0.6 is 12.2 Å². The summed E-state index contributed by atoms with van der Waals surface area (Å²) in [4.78, 5) is 1.59. The molecule has 4 nitrogen and oxygen atoms in total. The fourth-order valence-corrected chi connectivity index (χ4v) is 2.38. The first-order valence-corrected chi connectivity index (χ1v) is 7.36. The van der Waals surface area contributed by atoms with Crippen molar-refractivity contribution in [1.82, 2.24) is 5.32 Å². The van der Waals surface area contributed by atoms with Crippen LogP contribution in [0.25, 0.3) is 0 Å². The molecule has 0 aromatic heterocycles. The van der Waals surface area contributed by atoms with Gasteiger partial charge in [-0.15, -0.1) is 0 Å². The van der Waals surface area contributed by atoms with Crippen LogP contribution in [0.15, 0.2) is 24.3 Å².